The number of rotatable bonds is 3. The second-order valence-corrected chi connectivity index (χ2v) is 5.01. The molecule has 0 saturated heterocycles. The summed E-state index contributed by atoms with van der Waals surface area (Å²) >= 11 is 0. The van der Waals surface area contributed by atoms with E-state index in [1.54, 1.807) is 30.7 Å². The van der Waals surface area contributed by atoms with Crippen LogP contribution in [0.2, 0.25) is 0 Å². The molecular formula is C18H16F2N6. The number of nitrogens with zero attached hydrogens (tertiary/aromatic N) is 5. The minimum atomic E-state index is -0.678. The molecule has 0 radical (unpaired) electrons. The number of aromatic nitrogens is 5. The molecule has 0 saturated carbocycles. The van der Waals surface area contributed by atoms with Crippen molar-refractivity contribution < 1.29 is 8.78 Å². The average molecular weight is 354 g/mol. The van der Waals surface area contributed by atoms with Gasteiger partial charge in [0.05, 0.1) is 17.4 Å². The van der Waals surface area contributed by atoms with E-state index in [1.165, 1.54) is 16.8 Å². The summed E-state index contributed by atoms with van der Waals surface area (Å²) in [5.74, 6) is -1.13. The number of nitrogens with one attached hydrogen (secondary N) is 1. The van der Waals surface area contributed by atoms with Crippen LogP contribution in [0.3, 0.4) is 0 Å². The van der Waals surface area contributed by atoms with Crippen molar-refractivity contribution >= 4 is 17.2 Å². The molecule has 0 aliphatic carbocycles. The Kier molecular flexibility index (Phi) is 5.12. The van der Waals surface area contributed by atoms with Crippen LogP contribution in [-0.4, -0.2) is 24.8 Å². The number of fused-ring (bicyclic) bond motifs is 1. The Balaban J connectivity index is 0.000000948. The van der Waals surface area contributed by atoms with Gasteiger partial charge >= 0.3 is 0 Å². The van der Waals surface area contributed by atoms with Gasteiger partial charge in [-0.3, -0.25) is 0 Å². The van der Waals surface area contributed by atoms with Gasteiger partial charge in [-0.15, -0.1) is 0 Å². The Hall–Kier alpha value is -3.42. The van der Waals surface area contributed by atoms with Crippen LogP contribution >= 0.6 is 0 Å². The minimum absolute atomic E-state index is 0.223. The molecule has 0 fully saturated rings. The summed E-state index contributed by atoms with van der Waals surface area (Å²) < 4.78 is 28.0. The number of hydrogen-bond acceptors (Lipinski definition) is 5. The molecule has 6 nitrogen and oxygen atoms in total. The smallest absolute Gasteiger partial charge is 0.227 e. The summed E-state index contributed by atoms with van der Waals surface area (Å²) in [7, 11) is 0. The van der Waals surface area contributed by atoms with Gasteiger partial charge in [0.1, 0.15) is 11.6 Å². The van der Waals surface area contributed by atoms with Gasteiger partial charge in [-0.25, -0.2) is 18.7 Å². The van der Waals surface area contributed by atoms with Crippen molar-refractivity contribution in [1.82, 2.24) is 24.8 Å². The number of hydrogen-bond donors (Lipinski definition) is 1. The van der Waals surface area contributed by atoms with E-state index in [0.29, 0.717) is 5.69 Å². The lowest BCUT2D eigenvalue weighted by atomic mass is 10.2. The Bertz CT molecular complexity index is 1010. The summed E-state index contributed by atoms with van der Waals surface area (Å²) in [4.78, 5) is 8.45. The third-order valence-corrected chi connectivity index (χ3v) is 3.35. The van der Waals surface area contributed by atoms with Gasteiger partial charge in [-0.1, -0.05) is 13.8 Å². The van der Waals surface area contributed by atoms with Crippen molar-refractivity contribution in [2.24, 2.45) is 0 Å². The van der Waals surface area contributed by atoms with Crippen LogP contribution in [0.25, 0.3) is 16.8 Å². The second-order valence-electron chi connectivity index (χ2n) is 5.01. The fraction of sp³-hybridized carbons (Fsp3) is 0.111. The highest BCUT2D eigenvalue weighted by Gasteiger charge is 2.10. The van der Waals surface area contributed by atoms with Gasteiger partial charge in [-0.05, 0) is 30.3 Å². The quantitative estimate of drug-likeness (QED) is 0.596. The van der Waals surface area contributed by atoms with E-state index < -0.39 is 11.6 Å². The standard InChI is InChI=1S/C16H10F2N6.C2H6/c17-10-6-11(18)8-12(7-10)22-16-19-5-3-14(23-16)13-9-21-24-15(13)2-1-4-20-24;1-2/h1-9H,(H,19,22,23);1-2H3. The van der Waals surface area contributed by atoms with Crippen LogP contribution in [0.5, 0.6) is 0 Å². The first-order valence-electron chi connectivity index (χ1n) is 8.05. The molecule has 132 valence electrons. The molecule has 0 aliphatic heterocycles. The van der Waals surface area contributed by atoms with Crippen LogP contribution < -0.4 is 5.32 Å². The Labute approximate surface area is 148 Å². The fourth-order valence-corrected chi connectivity index (χ4v) is 2.35. The maximum Gasteiger partial charge on any atom is 0.227 e. The van der Waals surface area contributed by atoms with Crippen LogP contribution in [0, 0.1) is 11.6 Å². The molecule has 26 heavy (non-hydrogen) atoms. The first-order chi connectivity index (χ1) is 12.7. The summed E-state index contributed by atoms with van der Waals surface area (Å²) in [6, 6.07) is 8.52. The van der Waals surface area contributed by atoms with E-state index in [0.717, 1.165) is 17.1 Å². The normalized spacial score (nSPS) is 10.3. The fourth-order valence-electron chi connectivity index (χ4n) is 2.35. The SMILES string of the molecule is CC.Fc1cc(F)cc(Nc2nccc(-c3cnn4ncccc34)n2)c1. The van der Waals surface area contributed by atoms with Crippen molar-refractivity contribution in [3.63, 3.8) is 0 Å². The Morgan fingerprint density at radius 1 is 0.962 bits per heavy atom. The number of halogens is 2. The Morgan fingerprint density at radius 2 is 1.73 bits per heavy atom. The van der Waals surface area contributed by atoms with Gasteiger partial charge < -0.3 is 5.32 Å². The minimum Gasteiger partial charge on any atom is -0.324 e. The zero-order chi connectivity index (χ0) is 18.5. The van der Waals surface area contributed by atoms with Crippen molar-refractivity contribution in [1.29, 1.82) is 0 Å². The molecule has 3 aromatic heterocycles. The van der Waals surface area contributed by atoms with E-state index in [-0.39, 0.29) is 11.6 Å². The van der Waals surface area contributed by atoms with Crippen LogP contribution in [0.4, 0.5) is 20.4 Å². The van der Waals surface area contributed by atoms with E-state index in [9.17, 15) is 8.78 Å². The maximum atomic E-state index is 13.3. The van der Waals surface area contributed by atoms with Crippen molar-refractivity contribution in [3.05, 3.63) is 66.6 Å². The monoisotopic (exact) mass is 354 g/mol. The molecule has 0 amide bonds. The Morgan fingerprint density at radius 3 is 2.50 bits per heavy atom. The molecular weight excluding hydrogens is 338 g/mol. The third-order valence-electron chi connectivity index (χ3n) is 3.35. The molecule has 0 spiro atoms. The van der Waals surface area contributed by atoms with E-state index >= 15 is 0 Å². The highest BCUT2D eigenvalue weighted by Crippen LogP contribution is 2.23. The van der Waals surface area contributed by atoms with E-state index in [2.05, 4.69) is 25.5 Å². The first kappa shape index (κ1) is 17.4. The molecule has 1 aromatic carbocycles. The van der Waals surface area contributed by atoms with E-state index in [4.69, 9.17) is 0 Å². The third kappa shape index (κ3) is 3.64. The van der Waals surface area contributed by atoms with Gasteiger partial charge in [-0.2, -0.15) is 14.8 Å². The summed E-state index contributed by atoms with van der Waals surface area (Å²) in [5.41, 5.74) is 2.41. The molecule has 3 heterocycles. The molecule has 0 atom stereocenters. The zero-order valence-electron chi connectivity index (χ0n) is 14.2. The van der Waals surface area contributed by atoms with Gasteiger partial charge in [0.15, 0.2) is 0 Å². The molecule has 1 N–H and O–H groups in total. The maximum absolute atomic E-state index is 13.3. The highest BCUT2D eigenvalue weighted by atomic mass is 19.1. The summed E-state index contributed by atoms with van der Waals surface area (Å²) in [6.45, 7) is 4.00. The summed E-state index contributed by atoms with van der Waals surface area (Å²) in [5, 5.41) is 11.0. The first-order valence-corrected chi connectivity index (χ1v) is 8.05. The predicted molar refractivity (Wildman–Crippen MR) is 95.0 cm³/mol. The van der Waals surface area contributed by atoms with Crippen LogP contribution in [0.15, 0.2) is 55.0 Å². The zero-order valence-corrected chi connectivity index (χ0v) is 14.2. The van der Waals surface area contributed by atoms with Gasteiger partial charge in [0.25, 0.3) is 0 Å². The highest BCUT2D eigenvalue weighted by molar-refractivity contribution is 5.77. The van der Waals surface area contributed by atoms with Crippen molar-refractivity contribution in [3.8, 4) is 11.3 Å². The van der Waals surface area contributed by atoms with E-state index in [1.807, 2.05) is 19.9 Å². The molecule has 4 rings (SSSR count). The van der Waals surface area contributed by atoms with Gasteiger partial charge in [0, 0.05) is 29.7 Å². The lowest BCUT2D eigenvalue weighted by molar-refractivity contribution is 0.584. The summed E-state index contributed by atoms with van der Waals surface area (Å²) in [6.07, 6.45) is 4.84. The van der Waals surface area contributed by atoms with Crippen molar-refractivity contribution in [2.45, 2.75) is 13.8 Å². The predicted octanol–water partition coefficient (Wildman–Crippen LogP) is 4.23. The van der Waals surface area contributed by atoms with Crippen LogP contribution in [0.1, 0.15) is 13.8 Å². The lowest BCUT2D eigenvalue weighted by Gasteiger charge is -2.06. The second kappa shape index (κ2) is 7.64. The van der Waals surface area contributed by atoms with Crippen LogP contribution in [-0.2, 0) is 0 Å². The molecule has 8 heteroatoms. The molecule has 0 unspecified atom stereocenters. The molecule has 0 aliphatic rings. The molecule has 0 bridgehead atoms. The molecule has 4 aromatic rings. The number of benzene rings is 1. The lowest BCUT2D eigenvalue weighted by Crippen LogP contribution is -1.99. The average Bonchev–Trinajstić information content (AvgIpc) is 3.07. The topological polar surface area (TPSA) is 68.0 Å². The van der Waals surface area contributed by atoms with Gasteiger partial charge in [0.2, 0.25) is 5.95 Å². The largest absolute Gasteiger partial charge is 0.324 e. The van der Waals surface area contributed by atoms with Crippen molar-refractivity contribution in [2.75, 3.05) is 5.32 Å². The number of anilines is 2.